The summed E-state index contributed by atoms with van der Waals surface area (Å²) in [6.07, 6.45) is 2.11. The van der Waals surface area contributed by atoms with Crippen LogP contribution in [0, 0.1) is 5.92 Å². The molecule has 3 heteroatoms. The van der Waals surface area contributed by atoms with E-state index < -0.39 is 5.97 Å². The van der Waals surface area contributed by atoms with Gasteiger partial charge >= 0.3 is 5.97 Å². The molecule has 2 saturated heterocycles. The molecular weight excluding hydrogens is 166 g/mol. The first kappa shape index (κ1) is 8.75. The zero-order chi connectivity index (χ0) is 9.42. The third kappa shape index (κ3) is 1.48. The molecule has 2 aliphatic heterocycles. The van der Waals surface area contributed by atoms with Crippen LogP contribution < -0.4 is 0 Å². The Kier molecular flexibility index (Phi) is 2.12. The summed E-state index contributed by atoms with van der Waals surface area (Å²) >= 11 is 0. The van der Waals surface area contributed by atoms with Crippen molar-refractivity contribution < 1.29 is 9.90 Å². The van der Waals surface area contributed by atoms with Gasteiger partial charge in [0, 0.05) is 18.7 Å². The fourth-order valence-corrected chi connectivity index (χ4v) is 2.43. The molecule has 0 radical (unpaired) electrons. The number of nitrogens with zero attached hydrogens (tertiary/aromatic N) is 1. The number of hydrogen-bond donors (Lipinski definition) is 1. The lowest BCUT2D eigenvalue weighted by molar-refractivity contribution is -0.132. The summed E-state index contributed by atoms with van der Waals surface area (Å²) in [6.45, 7) is 5.03. The fourth-order valence-electron chi connectivity index (χ4n) is 2.43. The Labute approximate surface area is 78.0 Å². The Hall–Kier alpha value is -0.830. The standard InChI is InChI=1S/C10H15NO2/c1-7(10(12)13)9-3-5-11-4-2-8(9)6-11/h8H,2-6H2,1H3,(H,12,13). The molecule has 0 aromatic rings. The molecule has 72 valence electrons. The second-order valence-electron chi connectivity index (χ2n) is 3.99. The summed E-state index contributed by atoms with van der Waals surface area (Å²) in [7, 11) is 0. The van der Waals surface area contributed by atoms with E-state index >= 15 is 0 Å². The smallest absolute Gasteiger partial charge is 0.331 e. The number of rotatable bonds is 1. The first-order chi connectivity index (χ1) is 6.18. The van der Waals surface area contributed by atoms with Crippen LogP contribution in [-0.4, -0.2) is 35.6 Å². The van der Waals surface area contributed by atoms with Gasteiger partial charge in [0.05, 0.1) is 0 Å². The van der Waals surface area contributed by atoms with E-state index in [9.17, 15) is 4.79 Å². The summed E-state index contributed by atoms with van der Waals surface area (Å²) in [5.74, 6) is -0.208. The predicted molar refractivity (Wildman–Crippen MR) is 49.5 cm³/mol. The van der Waals surface area contributed by atoms with Crippen LogP contribution in [0.25, 0.3) is 0 Å². The van der Waals surface area contributed by atoms with E-state index in [4.69, 9.17) is 5.11 Å². The maximum atomic E-state index is 10.8. The van der Waals surface area contributed by atoms with E-state index in [-0.39, 0.29) is 0 Å². The number of fused-ring (bicyclic) bond motifs is 2. The summed E-state index contributed by atoms with van der Waals surface area (Å²) in [6, 6.07) is 0. The van der Waals surface area contributed by atoms with Gasteiger partial charge in [0.15, 0.2) is 0 Å². The van der Waals surface area contributed by atoms with Gasteiger partial charge < -0.3 is 10.0 Å². The van der Waals surface area contributed by atoms with Crippen molar-refractivity contribution in [3.8, 4) is 0 Å². The van der Waals surface area contributed by atoms with Crippen molar-refractivity contribution in [3.05, 3.63) is 11.1 Å². The molecule has 0 aromatic carbocycles. The summed E-state index contributed by atoms with van der Waals surface area (Å²) in [4.78, 5) is 13.2. The molecule has 1 N–H and O–H groups in total. The Morgan fingerprint density at radius 2 is 2.31 bits per heavy atom. The average molecular weight is 181 g/mol. The van der Waals surface area contributed by atoms with Crippen molar-refractivity contribution in [2.45, 2.75) is 19.8 Å². The summed E-state index contributed by atoms with van der Waals surface area (Å²) < 4.78 is 0. The molecule has 2 aliphatic rings. The van der Waals surface area contributed by atoms with Crippen molar-refractivity contribution in [2.24, 2.45) is 5.92 Å². The van der Waals surface area contributed by atoms with Crippen LogP contribution in [0.15, 0.2) is 11.1 Å². The van der Waals surface area contributed by atoms with Crippen LogP contribution in [0.4, 0.5) is 0 Å². The van der Waals surface area contributed by atoms with Gasteiger partial charge in [-0.1, -0.05) is 5.57 Å². The zero-order valence-electron chi connectivity index (χ0n) is 7.92. The van der Waals surface area contributed by atoms with E-state index in [1.54, 1.807) is 6.92 Å². The molecule has 2 rings (SSSR count). The van der Waals surface area contributed by atoms with E-state index in [0.29, 0.717) is 11.5 Å². The SMILES string of the molecule is CC(C(=O)O)=C1CCN2CCC1C2. The van der Waals surface area contributed by atoms with Crippen LogP contribution >= 0.6 is 0 Å². The molecule has 2 unspecified atom stereocenters. The number of carbonyl (C=O) groups is 1. The molecule has 3 nitrogen and oxygen atoms in total. The van der Waals surface area contributed by atoms with Gasteiger partial charge in [-0.25, -0.2) is 4.79 Å². The number of piperidine rings is 1. The van der Waals surface area contributed by atoms with Gasteiger partial charge in [0.25, 0.3) is 0 Å². The lowest BCUT2D eigenvalue weighted by atomic mass is 9.90. The predicted octanol–water partition coefficient (Wildman–Crippen LogP) is 1.11. The van der Waals surface area contributed by atoms with Crippen LogP contribution in [0.2, 0.25) is 0 Å². The first-order valence-electron chi connectivity index (χ1n) is 4.84. The normalized spacial score (nSPS) is 36.1. The molecule has 0 saturated carbocycles. The highest BCUT2D eigenvalue weighted by Crippen LogP contribution is 2.33. The van der Waals surface area contributed by atoms with Gasteiger partial charge in [-0.15, -0.1) is 0 Å². The summed E-state index contributed by atoms with van der Waals surface area (Å²) in [5.41, 5.74) is 1.79. The number of carboxylic acid groups (broad SMARTS) is 1. The Balaban J connectivity index is 2.24. The molecule has 0 aromatic heterocycles. The van der Waals surface area contributed by atoms with Gasteiger partial charge in [-0.2, -0.15) is 0 Å². The quantitative estimate of drug-likeness (QED) is 0.616. The topological polar surface area (TPSA) is 40.5 Å². The third-order valence-electron chi connectivity index (χ3n) is 3.27. The molecule has 0 spiro atoms. The minimum absolute atomic E-state index is 0.532. The highest BCUT2D eigenvalue weighted by Gasteiger charge is 2.31. The average Bonchev–Trinajstić information content (AvgIpc) is 2.47. The maximum absolute atomic E-state index is 10.8. The Morgan fingerprint density at radius 1 is 1.54 bits per heavy atom. The number of hydrogen-bond acceptors (Lipinski definition) is 2. The van der Waals surface area contributed by atoms with Crippen LogP contribution in [0.1, 0.15) is 19.8 Å². The highest BCUT2D eigenvalue weighted by molar-refractivity contribution is 5.87. The maximum Gasteiger partial charge on any atom is 0.331 e. The fraction of sp³-hybridized carbons (Fsp3) is 0.700. The first-order valence-corrected chi connectivity index (χ1v) is 4.84. The molecule has 0 amide bonds. The largest absolute Gasteiger partial charge is 0.478 e. The highest BCUT2D eigenvalue weighted by atomic mass is 16.4. The van der Waals surface area contributed by atoms with E-state index in [1.165, 1.54) is 5.57 Å². The second kappa shape index (κ2) is 3.14. The van der Waals surface area contributed by atoms with Gasteiger partial charge in [-0.05, 0) is 32.2 Å². The molecule has 13 heavy (non-hydrogen) atoms. The van der Waals surface area contributed by atoms with Crippen LogP contribution in [-0.2, 0) is 4.79 Å². The van der Waals surface area contributed by atoms with Crippen LogP contribution in [0.5, 0.6) is 0 Å². The van der Waals surface area contributed by atoms with Crippen molar-refractivity contribution >= 4 is 5.97 Å². The van der Waals surface area contributed by atoms with Gasteiger partial charge in [0.1, 0.15) is 0 Å². The third-order valence-corrected chi connectivity index (χ3v) is 3.27. The number of carboxylic acids is 1. The van der Waals surface area contributed by atoms with Crippen molar-refractivity contribution in [2.75, 3.05) is 19.6 Å². The lowest BCUT2D eigenvalue weighted by Crippen LogP contribution is -2.28. The van der Waals surface area contributed by atoms with E-state index in [2.05, 4.69) is 4.90 Å². The molecular formula is C10H15NO2. The Morgan fingerprint density at radius 3 is 3.00 bits per heavy atom. The van der Waals surface area contributed by atoms with Crippen molar-refractivity contribution in [1.82, 2.24) is 4.90 Å². The molecule has 2 atom stereocenters. The van der Waals surface area contributed by atoms with Gasteiger partial charge in [0.2, 0.25) is 0 Å². The van der Waals surface area contributed by atoms with Crippen molar-refractivity contribution in [1.29, 1.82) is 0 Å². The van der Waals surface area contributed by atoms with Crippen molar-refractivity contribution in [3.63, 3.8) is 0 Å². The molecule has 2 bridgehead atoms. The van der Waals surface area contributed by atoms with E-state index in [1.807, 2.05) is 0 Å². The lowest BCUT2D eigenvalue weighted by Gasteiger charge is -2.25. The monoisotopic (exact) mass is 181 g/mol. The van der Waals surface area contributed by atoms with E-state index in [0.717, 1.165) is 32.5 Å². The summed E-state index contributed by atoms with van der Waals surface area (Å²) in [5, 5.41) is 8.89. The van der Waals surface area contributed by atoms with Gasteiger partial charge in [-0.3, -0.25) is 0 Å². The minimum atomic E-state index is -0.740. The molecule has 2 heterocycles. The van der Waals surface area contributed by atoms with Crippen LogP contribution in [0.3, 0.4) is 0 Å². The number of aliphatic carboxylic acids is 1. The Bertz CT molecular complexity index is 270. The zero-order valence-corrected chi connectivity index (χ0v) is 7.92. The molecule has 0 aliphatic carbocycles. The molecule has 2 fully saturated rings. The minimum Gasteiger partial charge on any atom is -0.478 e. The second-order valence-corrected chi connectivity index (χ2v) is 3.99.